The molecule has 0 aromatic heterocycles. The van der Waals surface area contributed by atoms with Gasteiger partial charge < -0.3 is 9.79 Å². The van der Waals surface area contributed by atoms with Crippen LogP contribution in [-0.2, 0) is 9.09 Å². The Morgan fingerprint density at radius 1 is 1.23 bits per heavy atom. The van der Waals surface area contributed by atoms with Crippen molar-refractivity contribution in [1.29, 1.82) is 0 Å². The third-order valence-electron chi connectivity index (χ3n) is 2.51. The van der Waals surface area contributed by atoms with Gasteiger partial charge in [0.1, 0.15) is 0 Å². The van der Waals surface area contributed by atoms with Crippen molar-refractivity contribution in [3.63, 3.8) is 0 Å². The summed E-state index contributed by atoms with van der Waals surface area (Å²) >= 11 is 0. The van der Waals surface area contributed by atoms with Gasteiger partial charge in [0.05, 0.1) is 6.61 Å². The minimum absolute atomic E-state index is 0.189. The normalized spacial score (nSPS) is 20.5. The molecule has 4 nitrogen and oxygen atoms in total. The third-order valence-corrected chi connectivity index (χ3v) is 3.03. The molecular formula is C8H17O4P. The first-order valence-corrected chi connectivity index (χ1v) is 6.31. The van der Waals surface area contributed by atoms with E-state index in [1.54, 1.807) is 0 Å². The lowest BCUT2D eigenvalue weighted by Gasteiger charge is -2.21. The molecule has 0 saturated heterocycles. The summed E-state index contributed by atoms with van der Waals surface area (Å²) in [5.41, 5.74) is 0. The molecule has 78 valence electrons. The molecule has 0 spiro atoms. The van der Waals surface area contributed by atoms with Crippen LogP contribution in [0.15, 0.2) is 0 Å². The van der Waals surface area contributed by atoms with Crippen LogP contribution in [0.5, 0.6) is 0 Å². The summed E-state index contributed by atoms with van der Waals surface area (Å²) in [6, 6.07) is 0. The Balaban J connectivity index is 2.08. The van der Waals surface area contributed by atoms with Gasteiger partial charge in [0.15, 0.2) is 0 Å². The standard InChI is InChI=1S/C8H17O4P/c9-13(10,11)12-7-6-8-4-2-1-3-5-8/h8H,1-7H2,(H2,9,10,11). The van der Waals surface area contributed by atoms with E-state index in [1.807, 2.05) is 0 Å². The second kappa shape index (κ2) is 5.11. The second-order valence-electron chi connectivity index (χ2n) is 3.62. The number of phosphoric acid groups is 1. The molecule has 2 N–H and O–H groups in total. The topological polar surface area (TPSA) is 66.8 Å². The quantitative estimate of drug-likeness (QED) is 0.694. The smallest absolute Gasteiger partial charge is 0.303 e. The minimum Gasteiger partial charge on any atom is -0.303 e. The van der Waals surface area contributed by atoms with Gasteiger partial charge in [0.2, 0.25) is 0 Å². The van der Waals surface area contributed by atoms with Gasteiger partial charge in [-0.1, -0.05) is 32.1 Å². The zero-order valence-electron chi connectivity index (χ0n) is 7.69. The van der Waals surface area contributed by atoms with Crippen LogP contribution < -0.4 is 0 Å². The predicted octanol–water partition coefficient (Wildman–Crippen LogP) is 2.07. The minimum atomic E-state index is -4.23. The summed E-state index contributed by atoms with van der Waals surface area (Å²) in [5.74, 6) is 0.611. The van der Waals surface area contributed by atoms with Crippen molar-refractivity contribution in [2.24, 2.45) is 5.92 Å². The fourth-order valence-corrected chi connectivity index (χ4v) is 2.16. The van der Waals surface area contributed by atoms with Gasteiger partial charge in [0, 0.05) is 0 Å². The lowest BCUT2D eigenvalue weighted by Crippen LogP contribution is -2.08. The summed E-state index contributed by atoms with van der Waals surface area (Å²) in [4.78, 5) is 16.9. The molecule has 1 aliphatic rings. The van der Waals surface area contributed by atoms with E-state index in [4.69, 9.17) is 9.79 Å². The van der Waals surface area contributed by atoms with Gasteiger partial charge in [0.25, 0.3) is 0 Å². The van der Waals surface area contributed by atoms with Crippen LogP contribution in [-0.4, -0.2) is 16.4 Å². The monoisotopic (exact) mass is 208 g/mol. The largest absolute Gasteiger partial charge is 0.469 e. The molecular weight excluding hydrogens is 191 g/mol. The molecule has 1 fully saturated rings. The van der Waals surface area contributed by atoms with Gasteiger partial charge in [-0.2, -0.15) is 0 Å². The molecule has 0 aromatic carbocycles. The van der Waals surface area contributed by atoms with Crippen LogP contribution >= 0.6 is 7.82 Å². The molecule has 0 atom stereocenters. The van der Waals surface area contributed by atoms with E-state index in [0.29, 0.717) is 5.92 Å². The molecule has 0 amide bonds. The molecule has 1 saturated carbocycles. The summed E-state index contributed by atoms with van der Waals surface area (Å²) < 4.78 is 14.7. The number of phosphoric ester groups is 1. The summed E-state index contributed by atoms with van der Waals surface area (Å²) in [7, 11) is -4.23. The van der Waals surface area contributed by atoms with Crippen LogP contribution in [0, 0.1) is 5.92 Å². The summed E-state index contributed by atoms with van der Waals surface area (Å²) in [6.07, 6.45) is 6.96. The zero-order valence-corrected chi connectivity index (χ0v) is 8.58. The average Bonchev–Trinajstić information content (AvgIpc) is 2.04. The Morgan fingerprint density at radius 3 is 2.38 bits per heavy atom. The van der Waals surface area contributed by atoms with E-state index in [0.717, 1.165) is 6.42 Å². The first-order valence-electron chi connectivity index (χ1n) is 4.78. The Bertz CT molecular complexity index is 183. The molecule has 0 unspecified atom stereocenters. The van der Waals surface area contributed by atoms with Crippen molar-refractivity contribution < 1.29 is 18.9 Å². The molecule has 1 aliphatic carbocycles. The highest BCUT2D eigenvalue weighted by molar-refractivity contribution is 7.46. The molecule has 0 bridgehead atoms. The number of hydrogen-bond donors (Lipinski definition) is 2. The number of rotatable bonds is 4. The van der Waals surface area contributed by atoms with Crippen LogP contribution in [0.3, 0.4) is 0 Å². The average molecular weight is 208 g/mol. The molecule has 0 aliphatic heterocycles. The second-order valence-corrected chi connectivity index (χ2v) is 4.86. The van der Waals surface area contributed by atoms with E-state index in [9.17, 15) is 4.57 Å². The Labute approximate surface area is 78.5 Å². The first kappa shape index (κ1) is 11.2. The summed E-state index contributed by atoms with van der Waals surface area (Å²) in [5, 5.41) is 0. The fraction of sp³-hybridized carbons (Fsp3) is 1.00. The predicted molar refractivity (Wildman–Crippen MR) is 49.2 cm³/mol. The van der Waals surface area contributed by atoms with E-state index < -0.39 is 7.82 Å². The van der Waals surface area contributed by atoms with Crippen molar-refractivity contribution >= 4 is 7.82 Å². The first-order chi connectivity index (χ1) is 6.08. The van der Waals surface area contributed by atoms with Gasteiger partial charge in [-0.25, -0.2) is 4.57 Å². The third kappa shape index (κ3) is 5.42. The van der Waals surface area contributed by atoms with Crippen LogP contribution in [0.4, 0.5) is 0 Å². The van der Waals surface area contributed by atoms with Crippen LogP contribution in [0.25, 0.3) is 0 Å². The Morgan fingerprint density at radius 2 is 1.85 bits per heavy atom. The SMILES string of the molecule is O=P(O)(O)OCCC1CCCCC1. The van der Waals surface area contributed by atoms with E-state index in [2.05, 4.69) is 4.52 Å². The van der Waals surface area contributed by atoms with Crippen molar-refractivity contribution in [2.75, 3.05) is 6.61 Å². The highest BCUT2D eigenvalue weighted by Gasteiger charge is 2.17. The van der Waals surface area contributed by atoms with Gasteiger partial charge in [-0.05, 0) is 12.3 Å². The lowest BCUT2D eigenvalue weighted by molar-refractivity contribution is 0.176. The molecule has 1 rings (SSSR count). The maximum Gasteiger partial charge on any atom is 0.469 e. The molecule has 0 radical (unpaired) electrons. The van der Waals surface area contributed by atoms with Gasteiger partial charge in [-0.3, -0.25) is 4.52 Å². The van der Waals surface area contributed by atoms with Crippen LogP contribution in [0.2, 0.25) is 0 Å². The highest BCUT2D eigenvalue weighted by atomic mass is 31.2. The van der Waals surface area contributed by atoms with Crippen LogP contribution in [0.1, 0.15) is 38.5 Å². The maximum atomic E-state index is 10.3. The molecule has 5 heteroatoms. The summed E-state index contributed by atoms with van der Waals surface area (Å²) in [6.45, 7) is 0.189. The van der Waals surface area contributed by atoms with E-state index in [-0.39, 0.29) is 6.61 Å². The van der Waals surface area contributed by atoms with E-state index in [1.165, 1.54) is 32.1 Å². The van der Waals surface area contributed by atoms with Crippen molar-refractivity contribution in [1.82, 2.24) is 0 Å². The Hall–Kier alpha value is 0.110. The number of hydrogen-bond acceptors (Lipinski definition) is 2. The van der Waals surface area contributed by atoms with Crippen molar-refractivity contribution in [3.8, 4) is 0 Å². The van der Waals surface area contributed by atoms with E-state index >= 15 is 0 Å². The zero-order chi connectivity index (χ0) is 9.73. The van der Waals surface area contributed by atoms with Gasteiger partial charge in [-0.15, -0.1) is 0 Å². The van der Waals surface area contributed by atoms with Gasteiger partial charge >= 0.3 is 7.82 Å². The Kier molecular flexibility index (Phi) is 4.39. The molecule has 0 aromatic rings. The lowest BCUT2D eigenvalue weighted by atomic mass is 9.87. The highest BCUT2D eigenvalue weighted by Crippen LogP contribution is 2.36. The molecule has 13 heavy (non-hydrogen) atoms. The van der Waals surface area contributed by atoms with Crippen molar-refractivity contribution in [3.05, 3.63) is 0 Å². The van der Waals surface area contributed by atoms with Crippen molar-refractivity contribution in [2.45, 2.75) is 38.5 Å². The molecule has 0 heterocycles. The maximum absolute atomic E-state index is 10.3. The fourth-order valence-electron chi connectivity index (χ4n) is 1.81.